The number of hydrogen-bond acceptors (Lipinski definition) is 2. The number of alkyl halides is 3. The van der Waals surface area contributed by atoms with Crippen LogP contribution < -0.4 is 10.5 Å². The summed E-state index contributed by atoms with van der Waals surface area (Å²) in [6.07, 6.45) is -3.21. The fourth-order valence-electron chi connectivity index (χ4n) is 1.37. The first kappa shape index (κ1) is 11.8. The molecule has 0 saturated heterocycles. The van der Waals surface area contributed by atoms with Gasteiger partial charge in [-0.2, -0.15) is 13.2 Å². The molecule has 0 radical (unpaired) electrons. The zero-order chi connectivity index (χ0) is 12.6. The highest BCUT2D eigenvalue weighted by Crippen LogP contribution is 2.39. The molecule has 92 valence electrons. The molecule has 2 rings (SSSR count). The van der Waals surface area contributed by atoms with Gasteiger partial charge in [0, 0.05) is 5.56 Å². The van der Waals surface area contributed by atoms with Crippen LogP contribution in [0.25, 0.3) is 0 Å². The summed E-state index contributed by atoms with van der Waals surface area (Å²) in [4.78, 5) is 10.9. The third-order valence-corrected chi connectivity index (χ3v) is 2.39. The van der Waals surface area contributed by atoms with Gasteiger partial charge in [-0.25, -0.2) is 0 Å². The van der Waals surface area contributed by atoms with Gasteiger partial charge in [-0.15, -0.1) is 0 Å². The summed E-state index contributed by atoms with van der Waals surface area (Å²) in [5.41, 5.74) is 4.14. The van der Waals surface area contributed by atoms with E-state index in [1.165, 1.54) is 0 Å². The van der Waals surface area contributed by atoms with Gasteiger partial charge < -0.3 is 10.5 Å². The Morgan fingerprint density at radius 3 is 2.47 bits per heavy atom. The molecule has 6 heteroatoms. The minimum atomic E-state index is -4.50. The van der Waals surface area contributed by atoms with Gasteiger partial charge in [0.15, 0.2) is 0 Å². The van der Waals surface area contributed by atoms with E-state index in [4.69, 9.17) is 10.5 Å². The van der Waals surface area contributed by atoms with Crippen molar-refractivity contribution < 1.29 is 22.7 Å². The van der Waals surface area contributed by atoms with Crippen molar-refractivity contribution in [2.45, 2.75) is 25.1 Å². The van der Waals surface area contributed by atoms with E-state index < -0.39 is 17.6 Å². The Hall–Kier alpha value is -1.72. The molecular weight excluding hydrogens is 235 g/mol. The van der Waals surface area contributed by atoms with Crippen LogP contribution in [0.2, 0.25) is 0 Å². The average molecular weight is 245 g/mol. The summed E-state index contributed by atoms with van der Waals surface area (Å²) < 4.78 is 43.1. The van der Waals surface area contributed by atoms with Crippen molar-refractivity contribution in [3.05, 3.63) is 29.3 Å². The minimum absolute atomic E-state index is 0.00801. The van der Waals surface area contributed by atoms with Crippen LogP contribution in [0.1, 0.15) is 28.8 Å². The molecule has 0 heterocycles. The number of ether oxygens (including phenoxy) is 1. The van der Waals surface area contributed by atoms with Crippen LogP contribution in [-0.4, -0.2) is 12.0 Å². The van der Waals surface area contributed by atoms with Crippen molar-refractivity contribution in [2.24, 2.45) is 5.73 Å². The maximum Gasteiger partial charge on any atom is 0.419 e. The number of nitrogens with two attached hydrogens (primary N) is 1. The fraction of sp³-hybridized carbons (Fsp3) is 0.364. The maximum absolute atomic E-state index is 12.7. The minimum Gasteiger partial charge on any atom is -0.490 e. The van der Waals surface area contributed by atoms with Crippen LogP contribution >= 0.6 is 0 Å². The number of amides is 1. The summed E-state index contributed by atoms with van der Waals surface area (Å²) in [5, 5.41) is 0. The van der Waals surface area contributed by atoms with Crippen LogP contribution in [0.5, 0.6) is 5.75 Å². The molecule has 0 aromatic heterocycles. The molecule has 3 nitrogen and oxygen atoms in total. The first-order chi connectivity index (χ1) is 7.88. The molecule has 1 aromatic carbocycles. The normalized spacial score (nSPS) is 15.7. The van der Waals surface area contributed by atoms with E-state index >= 15 is 0 Å². The second kappa shape index (κ2) is 3.94. The second-order valence-electron chi connectivity index (χ2n) is 3.89. The molecule has 1 amide bonds. The van der Waals surface area contributed by atoms with E-state index in [9.17, 15) is 18.0 Å². The fourth-order valence-corrected chi connectivity index (χ4v) is 1.37. The number of benzene rings is 1. The van der Waals surface area contributed by atoms with Crippen molar-refractivity contribution in [3.63, 3.8) is 0 Å². The van der Waals surface area contributed by atoms with E-state index in [0.717, 1.165) is 31.0 Å². The van der Waals surface area contributed by atoms with Gasteiger partial charge in [-0.1, -0.05) is 0 Å². The first-order valence-corrected chi connectivity index (χ1v) is 5.05. The van der Waals surface area contributed by atoms with Crippen molar-refractivity contribution in [1.29, 1.82) is 0 Å². The van der Waals surface area contributed by atoms with Crippen LogP contribution in [0, 0.1) is 0 Å². The van der Waals surface area contributed by atoms with Crippen LogP contribution in [-0.2, 0) is 6.18 Å². The van der Waals surface area contributed by atoms with E-state index in [0.29, 0.717) is 0 Å². The number of rotatable bonds is 3. The highest BCUT2D eigenvalue weighted by atomic mass is 19.4. The Kier molecular flexibility index (Phi) is 2.73. The van der Waals surface area contributed by atoms with Gasteiger partial charge in [0.25, 0.3) is 0 Å². The van der Waals surface area contributed by atoms with E-state index in [1.807, 2.05) is 0 Å². The number of hydrogen-bond donors (Lipinski definition) is 1. The smallest absolute Gasteiger partial charge is 0.419 e. The van der Waals surface area contributed by atoms with E-state index in [2.05, 4.69) is 0 Å². The molecule has 0 atom stereocenters. The molecule has 17 heavy (non-hydrogen) atoms. The number of halogens is 3. The molecule has 1 aliphatic rings. The third-order valence-electron chi connectivity index (χ3n) is 2.39. The van der Waals surface area contributed by atoms with Gasteiger partial charge in [-0.3, -0.25) is 4.79 Å². The molecule has 1 fully saturated rings. The first-order valence-electron chi connectivity index (χ1n) is 5.05. The molecule has 0 bridgehead atoms. The lowest BCUT2D eigenvalue weighted by Gasteiger charge is -2.14. The predicted molar refractivity (Wildman–Crippen MR) is 53.6 cm³/mol. The summed E-state index contributed by atoms with van der Waals surface area (Å²) in [6.45, 7) is 0. The van der Waals surface area contributed by atoms with Crippen LogP contribution in [0.3, 0.4) is 0 Å². The molecule has 0 spiro atoms. The predicted octanol–water partition coefficient (Wildman–Crippen LogP) is 2.35. The van der Waals surface area contributed by atoms with Gasteiger partial charge in [0.1, 0.15) is 5.75 Å². The van der Waals surface area contributed by atoms with Crippen molar-refractivity contribution in [2.75, 3.05) is 0 Å². The Morgan fingerprint density at radius 1 is 1.35 bits per heavy atom. The largest absolute Gasteiger partial charge is 0.490 e. The van der Waals surface area contributed by atoms with Crippen molar-refractivity contribution in [3.8, 4) is 5.75 Å². The quantitative estimate of drug-likeness (QED) is 0.888. The molecule has 0 aliphatic heterocycles. The van der Waals surface area contributed by atoms with Gasteiger partial charge in [0.2, 0.25) is 5.91 Å². The second-order valence-corrected chi connectivity index (χ2v) is 3.89. The lowest BCUT2D eigenvalue weighted by Crippen LogP contribution is -2.14. The van der Waals surface area contributed by atoms with Crippen LogP contribution in [0.4, 0.5) is 13.2 Å². The molecular formula is C11H10F3NO2. The number of carbonyl (C=O) groups excluding carboxylic acids is 1. The zero-order valence-corrected chi connectivity index (χ0v) is 8.75. The number of primary amides is 1. The number of carbonyl (C=O) groups is 1. The molecule has 1 saturated carbocycles. The van der Waals surface area contributed by atoms with E-state index in [1.54, 1.807) is 0 Å². The van der Waals surface area contributed by atoms with Crippen LogP contribution in [0.15, 0.2) is 18.2 Å². The topological polar surface area (TPSA) is 52.3 Å². The van der Waals surface area contributed by atoms with Gasteiger partial charge in [-0.05, 0) is 31.0 Å². The lowest BCUT2D eigenvalue weighted by molar-refractivity contribution is -0.139. The van der Waals surface area contributed by atoms with Gasteiger partial charge in [0.05, 0.1) is 11.7 Å². The lowest BCUT2D eigenvalue weighted by atomic mass is 10.1. The van der Waals surface area contributed by atoms with Crippen molar-refractivity contribution in [1.82, 2.24) is 0 Å². The average Bonchev–Trinajstić information content (AvgIpc) is 2.99. The highest BCUT2D eigenvalue weighted by Gasteiger charge is 2.36. The Morgan fingerprint density at radius 2 is 2.00 bits per heavy atom. The Balaban J connectivity index is 2.39. The molecule has 2 N–H and O–H groups in total. The monoisotopic (exact) mass is 245 g/mol. The molecule has 1 aliphatic carbocycles. The summed E-state index contributed by atoms with van der Waals surface area (Å²) >= 11 is 0. The zero-order valence-electron chi connectivity index (χ0n) is 8.75. The summed E-state index contributed by atoms with van der Waals surface area (Å²) in [7, 11) is 0. The Bertz CT molecular complexity index is 453. The third kappa shape index (κ3) is 2.69. The summed E-state index contributed by atoms with van der Waals surface area (Å²) in [5.74, 6) is -1.10. The van der Waals surface area contributed by atoms with Crippen molar-refractivity contribution >= 4 is 5.91 Å². The Labute approximate surface area is 95.4 Å². The SMILES string of the molecule is NC(=O)c1ccc(C(F)(F)F)c(OC2CC2)c1. The summed E-state index contributed by atoms with van der Waals surface area (Å²) in [6, 6.07) is 2.91. The van der Waals surface area contributed by atoms with E-state index in [-0.39, 0.29) is 17.4 Å². The molecule has 0 unspecified atom stereocenters. The van der Waals surface area contributed by atoms with Gasteiger partial charge >= 0.3 is 6.18 Å². The highest BCUT2D eigenvalue weighted by molar-refractivity contribution is 5.93. The maximum atomic E-state index is 12.7. The standard InChI is InChI=1S/C11H10F3NO2/c12-11(13,14)8-4-1-6(10(15)16)5-9(8)17-7-2-3-7/h1,4-5,7H,2-3H2,(H2,15,16). The molecule has 1 aromatic rings.